The van der Waals surface area contributed by atoms with Gasteiger partial charge in [-0.3, -0.25) is 0 Å². The predicted molar refractivity (Wildman–Crippen MR) is 58.3 cm³/mol. The van der Waals surface area contributed by atoms with Crippen molar-refractivity contribution in [1.82, 2.24) is 4.90 Å². The average molecular weight is 197 g/mol. The van der Waals surface area contributed by atoms with E-state index in [1.54, 1.807) is 0 Å². The molecule has 2 aliphatic rings. The fourth-order valence-electron chi connectivity index (χ4n) is 3.03. The van der Waals surface area contributed by atoms with Gasteiger partial charge in [-0.2, -0.15) is 0 Å². The Morgan fingerprint density at radius 2 is 1.86 bits per heavy atom. The van der Waals surface area contributed by atoms with Gasteiger partial charge >= 0.3 is 0 Å². The summed E-state index contributed by atoms with van der Waals surface area (Å²) in [7, 11) is 0. The molecule has 0 aromatic rings. The van der Waals surface area contributed by atoms with E-state index in [1.165, 1.54) is 45.2 Å². The number of likely N-dealkylation sites (tertiary alicyclic amines) is 1. The molecule has 2 fully saturated rings. The van der Waals surface area contributed by atoms with Crippen LogP contribution in [0, 0.1) is 0 Å². The van der Waals surface area contributed by atoms with Crippen molar-refractivity contribution in [3.05, 3.63) is 0 Å². The SMILES string of the molecule is C[C@@]1(O)CCC[C@H](N2CCCCC2)C1. The maximum absolute atomic E-state index is 10.0. The number of piperidine rings is 1. The minimum absolute atomic E-state index is 0.389. The highest BCUT2D eigenvalue weighted by Gasteiger charge is 2.33. The monoisotopic (exact) mass is 197 g/mol. The number of rotatable bonds is 1. The lowest BCUT2D eigenvalue weighted by atomic mass is 9.82. The zero-order valence-corrected chi connectivity index (χ0v) is 9.34. The Morgan fingerprint density at radius 1 is 1.14 bits per heavy atom. The molecule has 1 N–H and O–H groups in total. The van der Waals surface area contributed by atoms with Crippen molar-refractivity contribution < 1.29 is 5.11 Å². The average Bonchev–Trinajstić information content (AvgIpc) is 2.18. The molecule has 2 atom stereocenters. The first-order valence-electron chi connectivity index (χ1n) is 6.14. The fourth-order valence-corrected chi connectivity index (χ4v) is 3.03. The van der Waals surface area contributed by atoms with Crippen LogP contribution in [-0.2, 0) is 0 Å². The van der Waals surface area contributed by atoms with Crippen molar-refractivity contribution >= 4 is 0 Å². The molecule has 14 heavy (non-hydrogen) atoms. The highest BCUT2D eigenvalue weighted by molar-refractivity contribution is 4.88. The summed E-state index contributed by atoms with van der Waals surface area (Å²) in [6.45, 7) is 4.53. The van der Waals surface area contributed by atoms with Crippen LogP contribution in [0.1, 0.15) is 51.9 Å². The summed E-state index contributed by atoms with van der Waals surface area (Å²) >= 11 is 0. The van der Waals surface area contributed by atoms with Crippen LogP contribution in [0.3, 0.4) is 0 Å². The fraction of sp³-hybridized carbons (Fsp3) is 1.00. The first-order valence-corrected chi connectivity index (χ1v) is 6.14. The lowest BCUT2D eigenvalue weighted by molar-refractivity contribution is -0.0199. The van der Waals surface area contributed by atoms with Gasteiger partial charge in [0.2, 0.25) is 0 Å². The van der Waals surface area contributed by atoms with Crippen LogP contribution in [0.5, 0.6) is 0 Å². The number of aliphatic hydroxyl groups is 1. The third kappa shape index (κ3) is 2.48. The molecule has 1 aliphatic heterocycles. The van der Waals surface area contributed by atoms with Crippen molar-refractivity contribution in [2.45, 2.75) is 63.5 Å². The second kappa shape index (κ2) is 4.19. The molecule has 1 saturated heterocycles. The minimum atomic E-state index is -0.389. The van der Waals surface area contributed by atoms with E-state index in [2.05, 4.69) is 4.90 Å². The maximum atomic E-state index is 10.0. The third-order valence-electron chi connectivity index (χ3n) is 3.84. The molecule has 0 amide bonds. The van der Waals surface area contributed by atoms with Gasteiger partial charge < -0.3 is 10.0 Å². The van der Waals surface area contributed by atoms with Crippen LogP contribution >= 0.6 is 0 Å². The van der Waals surface area contributed by atoms with Crippen LogP contribution in [0.2, 0.25) is 0 Å². The highest BCUT2D eigenvalue weighted by Crippen LogP contribution is 2.31. The summed E-state index contributed by atoms with van der Waals surface area (Å²) in [4.78, 5) is 2.61. The Morgan fingerprint density at radius 3 is 2.50 bits per heavy atom. The number of hydrogen-bond donors (Lipinski definition) is 1. The normalized spacial score (nSPS) is 41.1. The molecule has 2 rings (SSSR count). The van der Waals surface area contributed by atoms with Crippen LogP contribution in [-0.4, -0.2) is 34.7 Å². The molecule has 82 valence electrons. The summed E-state index contributed by atoms with van der Waals surface area (Å²) in [5.41, 5.74) is -0.389. The summed E-state index contributed by atoms with van der Waals surface area (Å²) in [6, 6.07) is 0.666. The van der Waals surface area contributed by atoms with Crippen molar-refractivity contribution in [2.24, 2.45) is 0 Å². The van der Waals surface area contributed by atoms with Gasteiger partial charge in [0.05, 0.1) is 5.60 Å². The summed E-state index contributed by atoms with van der Waals surface area (Å²) in [6.07, 6.45) is 8.62. The van der Waals surface area contributed by atoms with E-state index < -0.39 is 0 Å². The molecule has 1 aliphatic carbocycles. The lowest BCUT2D eigenvalue weighted by Gasteiger charge is -2.41. The first-order chi connectivity index (χ1) is 6.67. The Kier molecular flexibility index (Phi) is 3.13. The van der Waals surface area contributed by atoms with Gasteiger partial charge in [0.25, 0.3) is 0 Å². The Hall–Kier alpha value is -0.0800. The summed E-state index contributed by atoms with van der Waals surface area (Å²) < 4.78 is 0. The van der Waals surface area contributed by atoms with Crippen LogP contribution in [0.25, 0.3) is 0 Å². The zero-order chi connectivity index (χ0) is 10.0. The first kappa shape index (κ1) is 10.4. The smallest absolute Gasteiger partial charge is 0.0634 e. The Balaban J connectivity index is 1.89. The largest absolute Gasteiger partial charge is 0.390 e. The topological polar surface area (TPSA) is 23.5 Å². The van der Waals surface area contributed by atoms with E-state index in [1.807, 2.05) is 6.92 Å². The standard InChI is InChI=1S/C12H23NO/c1-12(14)7-5-6-11(10-12)13-8-3-2-4-9-13/h11,14H,2-10H2,1H3/t11-,12+/m0/s1. The van der Waals surface area contributed by atoms with Crippen molar-refractivity contribution in [3.63, 3.8) is 0 Å². The molecule has 0 spiro atoms. The molecule has 1 saturated carbocycles. The summed E-state index contributed by atoms with van der Waals surface area (Å²) in [5, 5.41) is 10.0. The van der Waals surface area contributed by atoms with Gasteiger partial charge in [-0.15, -0.1) is 0 Å². The molecule has 0 aromatic heterocycles. The molecule has 1 heterocycles. The molecule has 2 nitrogen and oxygen atoms in total. The van der Waals surface area contributed by atoms with Crippen LogP contribution < -0.4 is 0 Å². The second-order valence-corrected chi connectivity index (χ2v) is 5.34. The predicted octanol–water partition coefficient (Wildman–Crippen LogP) is 2.17. The maximum Gasteiger partial charge on any atom is 0.0634 e. The Bertz CT molecular complexity index is 185. The third-order valence-corrected chi connectivity index (χ3v) is 3.84. The lowest BCUT2D eigenvalue weighted by Crippen LogP contribution is -2.46. The van der Waals surface area contributed by atoms with Crippen LogP contribution in [0.15, 0.2) is 0 Å². The molecule has 0 unspecified atom stereocenters. The highest BCUT2D eigenvalue weighted by atomic mass is 16.3. The molecule has 0 radical (unpaired) electrons. The minimum Gasteiger partial charge on any atom is -0.390 e. The number of hydrogen-bond acceptors (Lipinski definition) is 2. The van der Waals surface area contributed by atoms with Gasteiger partial charge in [-0.05, 0) is 58.5 Å². The van der Waals surface area contributed by atoms with Gasteiger partial charge in [0, 0.05) is 6.04 Å². The summed E-state index contributed by atoms with van der Waals surface area (Å²) in [5.74, 6) is 0. The molecular weight excluding hydrogens is 174 g/mol. The van der Waals surface area contributed by atoms with Gasteiger partial charge in [-0.25, -0.2) is 0 Å². The van der Waals surface area contributed by atoms with E-state index >= 15 is 0 Å². The van der Waals surface area contributed by atoms with E-state index in [-0.39, 0.29) is 5.60 Å². The molecule has 0 aromatic carbocycles. The van der Waals surface area contributed by atoms with E-state index in [0.717, 1.165) is 12.8 Å². The number of nitrogens with zero attached hydrogens (tertiary/aromatic N) is 1. The Labute approximate surface area is 87.3 Å². The quantitative estimate of drug-likeness (QED) is 0.696. The van der Waals surface area contributed by atoms with Crippen LogP contribution in [0.4, 0.5) is 0 Å². The van der Waals surface area contributed by atoms with Crippen molar-refractivity contribution in [2.75, 3.05) is 13.1 Å². The van der Waals surface area contributed by atoms with E-state index in [9.17, 15) is 5.11 Å². The van der Waals surface area contributed by atoms with Gasteiger partial charge in [-0.1, -0.05) is 6.42 Å². The van der Waals surface area contributed by atoms with Gasteiger partial charge in [0.1, 0.15) is 0 Å². The van der Waals surface area contributed by atoms with E-state index in [0.29, 0.717) is 6.04 Å². The van der Waals surface area contributed by atoms with Crippen molar-refractivity contribution in [1.29, 1.82) is 0 Å². The van der Waals surface area contributed by atoms with Crippen molar-refractivity contribution in [3.8, 4) is 0 Å². The molecular formula is C12H23NO. The molecule has 0 bridgehead atoms. The molecule has 2 heteroatoms. The van der Waals surface area contributed by atoms with Gasteiger partial charge in [0.15, 0.2) is 0 Å². The van der Waals surface area contributed by atoms with E-state index in [4.69, 9.17) is 0 Å². The zero-order valence-electron chi connectivity index (χ0n) is 9.34. The second-order valence-electron chi connectivity index (χ2n) is 5.34.